The van der Waals surface area contributed by atoms with Crippen LogP contribution in [0.3, 0.4) is 0 Å². The number of anilines is 1. The largest absolute Gasteiger partial charge is 0.378 e. The number of ether oxygens (including phenoxy) is 1. The Balaban J connectivity index is 1.63. The van der Waals surface area contributed by atoms with E-state index in [9.17, 15) is 10.1 Å². The third-order valence-corrected chi connectivity index (χ3v) is 3.89. The Labute approximate surface area is 136 Å². The van der Waals surface area contributed by atoms with Gasteiger partial charge in [-0.3, -0.25) is 10.1 Å². The summed E-state index contributed by atoms with van der Waals surface area (Å²) in [7, 11) is 0. The first-order valence-corrected chi connectivity index (χ1v) is 7.50. The average molecular weight is 326 g/mol. The number of aromatic amines is 1. The van der Waals surface area contributed by atoms with Gasteiger partial charge in [-0.05, 0) is 12.1 Å². The number of fused-ring (bicyclic) bond motifs is 1. The maximum Gasteiger partial charge on any atom is 0.289 e. The first-order chi connectivity index (χ1) is 11.7. The van der Waals surface area contributed by atoms with Crippen LogP contribution in [0.4, 0.5) is 11.5 Å². The monoisotopic (exact) mass is 326 g/mol. The highest BCUT2D eigenvalue weighted by Gasteiger charge is 2.14. The van der Waals surface area contributed by atoms with Crippen molar-refractivity contribution in [3.05, 3.63) is 40.7 Å². The topological polar surface area (TPSA) is 110 Å². The lowest BCUT2D eigenvalue weighted by atomic mass is 10.2. The van der Waals surface area contributed by atoms with Crippen molar-refractivity contribution in [2.24, 2.45) is 0 Å². The number of imidazole rings is 1. The van der Waals surface area contributed by atoms with E-state index in [1.807, 2.05) is 12.1 Å². The normalized spacial score (nSPS) is 14.9. The van der Waals surface area contributed by atoms with E-state index in [1.165, 1.54) is 12.3 Å². The van der Waals surface area contributed by atoms with Crippen molar-refractivity contribution in [2.75, 3.05) is 31.2 Å². The minimum Gasteiger partial charge on any atom is -0.378 e. The summed E-state index contributed by atoms with van der Waals surface area (Å²) in [5.74, 6) is 1.48. The first-order valence-electron chi connectivity index (χ1n) is 7.50. The Morgan fingerprint density at radius 3 is 2.75 bits per heavy atom. The van der Waals surface area contributed by atoms with E-state index in [-0.39, 0.29) is 5.69 Å². The van der Waals surface area contributed by atoms with Crippen molar-refractivity contribution in [3.8, 4) is 11.4 Å². The number of nitrogens with zero attached hydrogens (tertiary/aromatic N) is 5. The number of morpholine rings is 1. The number of hydrogen-bond donors (Lipinski definition) is 1. The standard InChI is InChI=1S/C15H14N6O3/c22-21(23)11-7-12-15(17-9-11)19-14(18-12)10-1-2-13(16-8-10)20-3-5-24-6-4-20/h1-2,7-9H,3-6H2,(H,17,18,19). The lowest BCUT2D eigenvalue weighted by Gasteiger charge is -2.27. The molecule has 9 heteroatoms. The smallest absolute Gasteiger partial charge is 0.289 e. The number of hydrogen-bond acceptors (Lipinski definition) is 7. The predicted molar refractivity (Wildman–Crippen MR) is 86.8 cm³/mol. The van der Waals surface area contributed by atoms with Crippen LogP contribution < -0.4 is 4.90 Å². The summed E-state index contributed by atoms with van der Waals surface area (Å²) in [6.45, 7) is 3.06. The van der Waals surface area contributed by atoms with Crippen LogP contribution in [0, 0.1) is 10.1 Å². The van der Waals surface area contributed by atoms with Crippen LogP contribution >= 0.6 is 0 Å². The molecule has 3 aromatic rings. The molecule has 1 fully saturated rings. The van der Waals surface area contributed by atoms with Gasteiger partial charge >= 0.3 is 0 Å². The molecule has 0 bridgehead atoms. The number of nitro groups is 1. The van der Waals surface area contributed by atoms with Crippen molar-refractivity contribution in [3.63, 3.8) is 0 Å². The summed E-state index contributed by atoms with van der Waals surface area (Å²) < 4.78 is 5.34. The summed E-state index contributed by atoms with van der Waals surface area (Å²) >= 11 is 0. The molecule has 1 saturated heterocycles. The van der Waals surface area contributed by atoms with Gasteiger partial charge in [-0.25, -0.2) is 15.0 Å². The first kappa shape index (κ1) is 14.5. The van der Waals surface area contributed by atoms with E-state index in [0.717, 1.165) is 24.5 Å². The second-order valence-electron chi connectivity index (χ2n) is 5.41. The summed E-state index contributed by atoms with van der Waals surface area (Å²) in [5, 5.41) is 10.8. The van der Waals surface area contributed by atoms with E-state index in [2.05, 4.69) is 24.8 Å². The lowest BCUT2D eigenvalue weighted by molar-refractivity contribution is -0.385. The molecule has 0 aliphatic carbocycles. The van der Waals surface area contributed by atoms with Crippen molar-refractivity contribution < 1.29 is 9.66 Å². The van der Waals surface area contributed by atoms with Gasteiger partial charge < -0.3 is 14.6 Å². The minimum atomic E-state index is -0.481. The number of aromatic nitrogens is 4. The second-order valence-corrected chi connectivity index (χ2v) is 5.41. The molecule has 1 aliphatic rings. The van der Waals surface area contributed by atoms with E-state index < -0.39 is 4.92 Å². The highest BCUT2D eigenvalue weighted by Crippen LogP contribution is 2.23. The number of pyridine rings is 2. The molecule has 122 valence electrons. The SMILES string of the molecule is O=[N+]([O-])c1cnc2nc(-c3ccc(N4CCOCC4)nc3)[nH]c2c1. The molecule has 4 rings (SSSR count). The zero-order valence-corrected chi connectivity index (χ0v) is 12.7. The number of rotatable bonds is 3. The maximum absolute atomic E-state index is 10.8. The van der Waals surface area contributed by atoms with Crippen LogP contribution in [-0.2, 0) is 4.74 Å². The summed E-state index contributed by atoms with van der Waals surface area (Å²) in [6, 6.07) is 5.28. The zero-order chi connectivity index (χ0) is 16.5. The molecule has 0 amide bonds. The second kappa shape index (κ2) is 5.85. The average Bonchev–Trinajstić information content (AvgIpc) is 3.06. The summed E-state index contributed by atoms with van der Waals surface area (Å²) in [4.78, 5) is 28.4. The Morgan fingerprint density at radius 2 is 2.04 bits per heavy atom. The van der Waals surface area contributed by atoms with Gasteiger partial charge in [-0.15, -0.1) is 0 Å². The van der Waals surface area contributed by atoms with E-state index in [4.69, 9.17) is 4.74 Å². The molecular formula is C15H14N6O3. The fourth-order valence-corrected chi connectivity index (χ4v) is 2.63. The molecule has 0 radical (unpaired) electrons. The molecular weight excluding hydrogens is 312 g/mol. The van der Waals surface area contributed by atoms with Crippen LogP contribution in [0.1, 0.15) is 0 Å². The van der Waals surface area contributed by atoms with Crippen molar-refractivity contribution in [1.82, 2.24) is 19.9 Å². The Kier molecular flexibility index (Phi) is 3.54. The van der Waals surface area contributed by atoms with Gasteiger partial charge in [-0.1, -0.05) is 0 Å². The van der Waals surface area contributed by atoms with Gasteiger partial charge in [-0.2, -0.15) is 0 Å². The highest BCUT2D eigenvalue weighted by atomic mass is 16.6. The molecule has 0 unspecified atom stereocenters. The third-order valence-electron chi connectivity index (χ3n) is 3.89. The van der Waals surface area contributed by atoms with Gasteiger partial charge in [0.05, 0.1) is 23.7 Å². The Hall–Kier alpha value is -3.07. The summed E-state index contributed by atoms with van der Waals surface area (Å²) in [6.07, 6.45) is 2.93. The van der Waals surface area contributed by atoms with Crippen molar-refractivity contribution in [1.29, 1.82) is 0 Å². The Bertz CT molecular complexity index is 886. The van der Waals surface area contributed by atoms with Gasteiger partial charge in [0.25, 0.3) is 5.69 Å². The van der Waals surface area contributed by atoms with Gasteiger partial charge in [0.2, 0.25) is 0 Å². The molecule has 1 aliphatic heterocycles. The van der Waals surface area contributed by atoms with Crippen LogP contribution in [0.2, 0.25) is 0 Å². The number of nitrogens with one attached hydrogen (secondary N) is 1. The summed E-state index contributed by atoms with van der Waals surface area (Å²) in [5.41, 5.74) is 1.69. The quantitative estimate of drug-likeness (QED) is 0.577. The fraction of sp³-hybridized carbons (Fsp3) is 0.267. The zero-order valence-electron chi connectivity index (χ0n) is 12.7. The van der Waals surface area contributed by atoms with Gasteiger partial charge in [0.15, 0.2) is 5.65 Å². The number of H-pyrrole nitrogens is 1. The van der Waals surface area contributed by atoms with Crippen molar-refractivity contribution >= 4 is 22.7 Å². The third kappa shape index (κ3) is 2.65. The highest BCUT2D eigenvalue weighted by molar-refractivity contribution is 5.77. The van der Waals surface area contributed by atoms with Crippen LogP contribution in [0.25, 0.3) is 22.6 Å². The molecule has 0 aromatic carbocycles. The Morgan fingerprint density at radius 1 is 1.21 bits per heavy atom. The molecule has 9 nitrogen and oxygen atoms in total. The van der Waals surface area contributed by atoms with E-state index >= 15 is 0 Å². The molecule has 0 spiro atoms. The van der Waals surface area contributed by atoms with Crippen molar-refractivity contribution in [2.45, 2.75) is 0 Å². The predicted octanol–water partition coefficient (Wildman–Crippen LogP) is 1.76. The van der Waals surface area contributed by atoms with Gasteiger partial charge in [0.1, 0.15) is 17.8 Å². The lowest BCUT2D eigenvalue weighted by Crippen LogP contribution is -2.36. The van der Waals surface area contributed by atoms with Crippen LogP contribution in [0.5, 0.6) is 0 Å². The minimum absolute atomic E-state index is 0.0708. The van der Waals surface area contributed by atoms with Gasteiger partial charge in [0, 0.05) is 30.9 Å². The van der Waals surface area contributed by atoms with E-state index in [1.54, 1.807) is 6.20 Å². The molecule has 24 heavy (non-hydrogen) atoms. The fourth-order valence-electron chi connectivity index (χ4n) is 2.63. The molecule has 1 N–H and O–H groups in total. The molecule has 3 aromatic heterocycles. The van der Waals surface area contributed by atoms with Crippen LogP contribution in [0.15, 0.2) is 30.6 Å². The van der Waals surface area contributed by atoms with E-state index in [0.29, 0.717) is 30.2 Å². The molecule has 0 atom stereocenters. The molecule has 4 heterocycles. The maximum atomic E-state index is 10.8. The molecule has 0 saturated carbocycles. The van der Waals surface area contributed by atoms with Crippen LogP contribution in [-0.4, -0.2) is 51.2 Å².